The van der Waals surface area contributed by atoms with Gasteiger partial charge in [0.25, 0.3) is 0 Å². The summed E-state index contributed by atoms with van der Waals surface area (Å²) in [5, 5.41) is 11.0. The fourth-order valence-electron chi connectivity index (χ4n) is 0.115. The summed E-state index contributed by atoms with van der Waals surface area (Å²) >= 11 is 5.30. The molecule has 3 heteroatoms. The summed E-state index contributed by atoms with van der Waals surface area (Å²) in [4.78, 5) is 0. The lowest BCUT2D eigenvalue weighted by molar-refractivity contribution is 0.318. The van der Waals surface area contributed by atoms with Gasteiger partial charge in [-0.25, -0.2) is 0 Å². The van der Waals surface area contributed by atoms with Crippen molar-refractivity contribution in [3.63, 3.8) is 0 Å². The van der Waals surface area contributed by atoms with Crippen molar-refractivity contribution in [2.75, 3.05) is 0 Å². The SMILES string of the molecule is CC(C)/C(Cl)=N\O. The fraction of sp³-hybridized carbons (Fsp3) is 0.750. The van der Waals surface area contributed by atoms with E-state index in [-0.39, 0.29) is 11.1 Å². The standard InChI is InChI=1S/C4H8ClNO/c1-3(2)4(5)6-7/h3,7H,1-2H3/b6-4+. The first kappa shape index (κ1) is 6.76. The third-order valence-electron chi connectivity index (χ3n) is 0.572. The van der Waals surface area contributed by atoms with Crippen LogP contribution >= 0.6 is 11.6 Å². The topological polar surface area (TPSA) is 32.6 Å². The minimum absolute atomic E-state index is 0.131. The van der Waals surface area contributed by atoms with E-state index in [1.807, 2.05) is 13.8 Å². The highest BCUT2D eigenvalue weighted by atomic mass is 35.5. The minimum Gasteiger partial charge on any atom is -0.410 e. The van der Waals surface area contributed by atoms with Crippen molar-refractivity contribution in [2.45, 2.75) is 13.8 Å². The molecule has 0 atom stereocenters. The Kier molecular flexibility index (Phi) is 2.76. The van der Waals surface area contributed by atoms with Gasteiger partial charge in [0.1, 0.15) is 5.17 Å². The monoisotopic (exact) mass is 121 g/mol. The molecule has 0 aliphatic carbocycles. The van der Waals surface area contributed by atoms with Crippen LogP contribution in [0.2, 0.25) is 0 Å². The summed E-state index contributed by atoms with van der Waals surface area (Å²) in [5.41, 5.74) is 0. The van der Waals surface area contributed by atoms with Gasteiger partial charge in [0.15, 0.2) is 0 Å². The maximum absolute atomic E-state index is 7.96. The molecule has 1 N–H and O–H groups in total. The molecule has 0 aliphatic rings. The van der Waals surface area contributed by atoms with E-state index in [1.165, 1.54) is 0 Å². The molecule has 0 radical (unpaired) electrons. The second kappa shape index (κ2) is 2.86. The lowest BCUT2D eigenvalue weighted by Crippen LogP contribution is -1.96. The normalized spacial score (nSPS) is 12.9. The van der Waals surface area contributed by atoms with Gasteiger partial charge >= 0.3 is 0 Å². The Labute approximate surface area is 47.8 Å². The lowest BCUT2D eigenvalue weighted by Gasteiger charge is -1.94. The van der Waals surface area contributed by atoms with Crippen molar-refractivity contribution in [1.29, 1.82) is 0 Å². The van der Waals surface area contributed by atoms with E-state index in [0.29, 0.717) is 0 Å². The predicted molar refractivity (Wildman–Crippen MR) is 29.9 cm³/mol. The Hall–Kier alpha value is -0.240. The third kappa shape index (κ3) is 2.45. The van der Waals surface area contributed by atoms with Crippen LogP contribution in [0.3, 0.4) is 0 Å². The van der Waals surface area contributed by atoms with Crippen LogP contribution in [0.25, 0.3) is 0 Å². The first-order chi connectivity index (χ1) is 3.18. The molecule has 0 heterocycles. The van der Waals surface area contributed by atoms with Gasteiger partial charge in [0.05, 0.1) is 0 Å². The van der Waals surface area contributed by atoms with Gasteiger partial charge in [0.2, 0.25) is 0 Å². The average Bonchev–Trinajstić information content (AvgIpc) is 1.65. The van der Waals surface area contributed by atoms with Gasteiger partial charge in [-0.2, -0.15) is 0 Å². The summed E-state index contributed by atoms with van der Waals surface area (Å²) in [6.45, 7) is 3.70. The Balaban J connectivity index is 3.56. The second-order valence-electron chi connectivity index (χ2n) is 1.58. The van der Waals surface area contributed by atoms with Crippen molar-refractivity contribution in [3.05, 3.63) is 0 Å². The van der Waals surface area contributed by atoms with Crippen LogP contribution in [0.5, 0.6) is 0 Å². The maximum Gasteiger partial charge on any atom is 0.147 e. The lowest BCUT2D eigenvalue weighted by atomic mass is 10.2. The van der Waals surface area contributed by atoms with Gasteiger partial charge in [-0.15, -0.1) is 0 Å². The predicted octanol–water partition coefficient (Wildman–Crippen LogP) is 1.67. The quantitative estimate of drug-likeness (QED) is 0.320. The van der Waals surface area contributed by atoms with Crippen LogP contribution in [-0.2, 0) is 0 Å². The van der Waals surface area contributed by atoms with E-state index in [4.69, 9.17) is 16.8 Å². The number of nitrogens with zero attached hydrogens (tertiary/aromatic N) is 1. The molecule has 0 saturated heterocycles. The summed E-state index contributed by atoms with van der Waals surface area (Å²) < 4.78 is 0. The van der Waals surface area contributed by atoms with Crippen molar-refractivity contribution < 1.29 is 5.21 Å². The Morgan fingerprint density at radius 1 is 1.71 bits per heavy atom. The van der Waals surface area contributed by atoms with Crippen molar-refractivity contribution in [1.82, 2.24) is 0 Å². The zero-order chi connectivity index (χ0) is 5.86. The van der Waals surface area contributed by atoms with E-state index < -0.39 is 0 Å². The number of hydrogen-bond donors (Lipinski definition) is 1. The van der Waals surface area contributed by atoms with Crippen LogP contribution in [0.15, 0.2) is 5.16 Å². The molecule has 0 aromatic rings. The molecule has 2 nitrogen and oxygen atoms in total. The molecule has 0 aliphatic heterocycles. The van der Waals surface area contributed by atoms with Crippen LogP contribution < -0.4 is 0 Å². The zero-order valence-electron chi connectivity index (χ0n) is 4.35. The molecule has 0 aromatic heterocycles. The van der Waals surface area contributed by atoms with E-state index in [1.54, 1.807) is 0 Å². The first-order valence-corrected chi connectivity index (χ1v) is 2.43. The Bertz CT molecular complexity index is 79.8. The van der Waals surface area contributed by atoms with Crippen molar-refractivity contribution in [3.8, 4) is 0 Å². The van der Waals surface area contributed by atoms with Gasteiger partial charge < -0.3 is 5.21 Å². The highest BCUT2D eigenvalue weighted by Crippen LogP contribution is 1.99. The second-order valence-corrected chi connectivity index (χ2v) is 1.96. The van der Waals surface area contributed by atoms with E-state index in [2.05, 4.69) is 5.16 Å². The molecule has 0 spiro atoms. The van der Waals surface area contributed by atoms with Crippen LogP contribution in [0.4, 0.5) is 0 Å². The Morgan fingerprint density at radius 2 is 2.14 bits per heavy atom. The molecule has 0 aromatic carbocycles. The molecule has 7 heavy (non-hydrogen) atoms. The third-order valence-corrected chi connectivity index (χ3v) is 1.08. The largest absolute Gasteiger partial charge is 0.410 e. The summed E-state index contributed by atoms with van der Waals surface area (Å²) in [6, 6.07) is 0. The summed E-state index contributed by atoms with van der Waals surface area (Å²) in [6.07, 6.45) is 0. The smallest absolute Gasteiger partial charge is 0.147 e. The number of oxime groups is 1. The Morgan fingerprint density at radius 3 is 2.14 bits per heavy atom. The average molecular weight is 122 g/mol. The van der Waals surface area contributed by atoms with Crippen LogP contribution in [0, 0.1) is 5.92 Å². The minimum atomic E-state index is 0.131. The first-order valence-electron chi connectivity index (χ1n) is 2.06. The molecular weight excluding hydrogens is 114 g/mol. The van der Waals surface area contributed by atoms with Gasteiger partial charge in [0, 0.05) is 5.92 Å². The fourth-order valence-corrected chi connectivity index (χ4v) is 0.115. The zero-order valence-corrected chi connectivity index (χ0v) is 5.11. The number of halogens is 1. The molecule has 42 valence electrons. The maximum atomic E-state index is 7.96. The molecule has 0 fully saturated rings. The van der Waals surface area contributed by atoms with Crippen molar-refractivity contribution >= 4 is 16.8 Å². The van der Waals surface area contributed by atoms with Gasteiger partial charge in [-0.05, 0) is 0 Å². The van der Waals surface area contributed by atoms with E-state index in [9.17, 15) is 0 Å². The van der Waals surface area contributed by atoms with Crippen molar-refractivity contribution in [2.24, 2.45) is 11.1 Å². The molecule has 0 amide bonds. The van der Waals surface area contributed by atoms with Gasteiger partial charge in [-0.3, -0.25) is 0 Å². The molecule has 0 rings (SSSR count). The van der Waals surface area contributed by atoms with Crippen LogP contribution in [-0.4, -0.2) is 10.4 Å². The van der Waals surface area contributed by atoms with E-state index in [0.717, 1.165) is 0 Å². The highest BCUT2D eigenvalue weighted by Gasteiger charge is 1.97. The van der Waals surface area contributed by atoms with Crippen LogP contribution in [0.1, 0.15) is 13.8 Å². The summed E-state index contributed by atoms with van der Waals surface area (Å²) in [7, 11) is 0. The molecule has 0 saturated carbocycles. The molecule has 0 bridgehead atoms. The number of rotatable bonds is 1. The number of hydrogen-bond acceptors (Lipinski definition) is 2. The van der Waals surface area contributed by atoms with Gasteiger partial charge in [-0.1, -0.05) is 30.6 Å². The summed E-state index contributed by atoms with van der Waals surface area (Å²) in [5.74, 6) is 0.131. The molecular formula is C4H8ClNO. The molecule has 0 unspecified atom stereocenters. The van der Waals surface area contributed by atoms with E-state index >= 15 is 0 Å². The highest BCUT2D eigenvalue weighted by molar-refractivity contribution is 6.65.